The number of carbonyl (C=O) groups excluding carboxylic acids is 2. The third-order valence-corrected chi connectivity index (χ3v) is 0.941. The molecule has 86 valence electrons. The summed E-state index contributed by atoms with van der Waals surface area (Å²) in [6.45, 7) is 11.9. The van der Waals surface area contributed by atoms with Gasteiger partial charge in [-0.05, 0) is 20.8 Å². The minimum Gasteiger partial charge on any atom is -0.466 e. The molecule has 0 aliphatic heterocycles. The maximum absolute atomic E-state index is 10.5. The molecule has 0 amide bonds. The molecule has 15 heavy (non-hydrogen) atoms. The van der Waals surface area contributed by atoms with E-state index in [-0.39, 0.29) is 5.97 Å². The highest BCUT2D eigenvalue weighted by molar-refractivity contribution is 5.81. The summed E-state index contributed by atoms with van der Waals surface area (Å²) in [6.07, 6.45) is 2.27. The van der Waals surface area contributed by atoms with Gasteiger partial charge in [0.25, 0.3) is 0 Å². The van der Waals surface area contributed by atoms with Gasteiger partial charge in [0.05, 0.1) is 7.11 Å². The van der Waals surface area contributed by atoms with E-state index in [1.807, 2.05) is 20.8 Å². The van der Waals surface area contributed by atoms with Crippen LogP contribution in [0.1, 0.15) is 20.8 Å². The first kappa shape index (κ1) is 15.9. The molecule has 0 N–H and O–H groups in total. The summed E-state index contributed by atoms with van der Waals surface area (Å²) in [4.78, 5) is 20.3. The Labute approximate surface area is 90.6 Å². The molecule has 0 fully saturated rings. The monoisotopic (exact) mass is 214 g/mol. The smallest absolute Gasteiger partial charge is 0.330 e. The van der Waals surface area contributed by atoms with Crippen molar-refractivity contribution < 1.29 is 19.1 Å². The van der Waals surface area contributed by atoms with Gasteiger partial charge in [0.2, 0.25) is 0 Å². The molecule has 0 spiro atoms. The molecule has 0 aliphatic carbocycles. The minimum atomic E-state index is -0.398. The van der Waals surface area contributed by atoms with E-state index in [0.717, 1.165) is 12.2 Å². The van der Waals surface area contributed by atoms with Crippen LogP contribution in [0.3, 0.4) is 0 Å². The molecule has 0 saturated carbocycles. The van der Waals surface area contributed by atoms with Crippen LogP contribution >= 0.6 is 0 Å². The molecule has 4 nitrogen and oxygen atoms in total. The molecular weight excluding hydrogens is 196 g/mol. The molecule has 0 rings (SSSR count). The Morgan fingerprint density at radius 1 is 1.07 bits per heavy atom. The normalized spacial score (nSPS) is 9.07. The zero-order valence-electron chi connectivity index (χ0n) is 9.70. The van der Waals surface area contributed by atoms with Crippen molar-refractivity contribution >= 4 is 11.9 Å². The fraction of sp³-hybridized carbons (Fsp3) is 0.455. The van der Waals surface area contributed by atoms with Gasteiger partial charge in [0, 0.05) is 12.2 Å². The number of hydrogen-bond acceptors (Lipinski definition) is 4. The van der Waals surface area contributed by atoms with Crippen molar-refractivity contribution in [3.05, 3.63) is 25.3 Å². The average molecular weight is 214 g/mol. The summed E-state index contributed by atoms with van der Waals surface area (Å²) < 4.78 is 8.97. The summed E-state index contributed by atoms with van der Waals surface area (Å²) >= 11 is 0. The molecule has 4 heteroatoms. The zero-order chi connectivity index (χ0) is 12.5. The van der Waals surface area contributed by atoms with Crippen molar-refractivity contribution in [2.45, 2.75) is 26.4 Å². The van der Waals surface area contributed by atoms with Crippen LogP contribution in [0.15, 0.2) is 25.3 Å². The maximum atomic E-state index is 10.5. The number of rotatable bonds is 2. The standard InChI is InChI=1S/C7H12O2.C4H6O2/c1-5-6(8)9-7(2,3)4;1-3-4(5)6-2/h5H,1H2,2-4H3;3H,1H2,2H3. The third kappa shape index (κ3) is 15.2. The second kappa shape index (κ2) is 7.79. The van der Waals surface area contributed by atoms with Crippen molar-refractivity contribution in [1.29, 1.82) is 0 Å². The topological polar surface area (TPSA) is 52.6 Å². The predicted octanol–water partition coefficient (Wildman–Crippen LogP) is 1.86. The summed E-state index contributed by atoms with van der Waals surface area (Å²) in [5, 5.41) is 0. The molecule has 0 heterocycles. The van der Waals surface area contributed by atoms with E-state index < -0.39 is 11.6 Å². The highest BCUT2D eigenvalue weighted by Gasteiger charge is 2.12. The van der Waals surface area contributed by atoms with Crippen molar-refractivity contribution in [1.82, 2.24) is 0 Å². The molecule has 0 aromatic carbocycles. The Bertz CT molecular complexity index is 235. The lowest BCUT2D eigenvalue weighted by atomic mass is 10.2. The molecule has 0 saturated heterocycles. The second-order valence-corrected chi connectivity index (χ2v) is 3.46. The average Bonchev–Trinajstić information content (AvgIpc) is 2.15. The number of hydrogen-bond donors (Lipinski definition) is 0. The van der Waals surface area contributed by atoms with Gasteiger partial charge in [-0.2, -0.15) is 0 Å². The van der Waals surface area contributed by atoms with Crippen molar-refractivity contribution in [3.8, 4) is 0 Å². The van der Waals surface area contributed by atoms with Crippen LogP contribution in [0.4, 0.5) is 0 Å². The summed E-state index contributed by atoms with van der Waals surface area (Å²) in [5.41, 5.74) is -0.398. The second-order valence-electron chi connectivity index (χ2n) is 3.46. The maximum Gasteiger partial charge on any atom is 0.330 e. The van der Waals surface area contributed by atoms with E-state index in [1.54, 1.807) is 0 Å². The van der Waals surface area contributed by atoms with Crippen molar-refractivity contribution in [3.63, 3.8) is 0 Å². The summed E-state index contributed by atoms with van der Waals surface area (Å²) in [6, 6.07) is 0. The minimum absolute atomic E-state index is 0.373. The van der Waals surface area contributed by atoms with Crippen molar-refractivity contribution in [2.75, 3.05) is 7.11 Å². The number of carbonyl (C=O) groups is 2. The first-order valence-electron chi connectivity index (χ1n) is 4.32. The Kier molecular flexibility index (Phi) is 8.24. The lowest BCUT2D eigenvalue weighted by Crippen LogP contribution is -2.22. The highest BCUT2D eigenvalue weighted by atomic mass is 16.6. The lowest BCUT2D eigenvalue weighted by Gasteiger charge is -2.17. The van der Waals surface area contributed by atoms with Gasteiger partial charge in [0.15, 0.2) is 0 Å². The molecule has 0 aliphatic rings. The van der Waals surface area contributed by atoms with Crippen LogP contribution < -0.4 is 0 Å². The van der Waals surface area contributed by atoms with Gasteiger partial charge in [-0.1, -0.05) is 13.2 Å². The molecule has 0 aromatic heterocycles. The molecule has 0 bridgehead atoms. The van der Waals surface area contributed by atoms with Gasteiger partial charge in [0.1, 0.15) is 5.60 Å². The Morgan fingerprint density at radius 2 is 1.47 bits per heavy atom. The van der Waals surface area contributed by atoms with E-state index in [1.165, 1.54) is 7.11 Å². The van der Waals surface area contributed by atoms with Crippen LogP contribution in [0, 0.1) is 0 Å². The van der Waals surface area contributed by atoms with E-state index in [4.69, 9.17) is 4.74 Å². The van der Waals surface area contributed by atoms with Gasteiger partial charge in [-0.25, -0.2) is 9.59 Å². The van der Waals surface area contributed by atoms with Gasteiger partial charge in [-0.3, -0.25) is 0 Å². The van der Waals surface area contributed by atoms with Gasteiger partial charge in [-0.15, -0.1) is 0 Å². The van der Waals surface area contributed by atoms with Crippen LogP contribution in [0.2, 0.25) is 0 Å². The summed E-state index contributed by atoms with van der Waals surface area (Å²) in [5.74, 6) is -0.766. The molecule has 0 aromatic rings. The zero-order valence-corrected chi connectivity index (χ0v) is 9.70. The summed E-state index contributed by atoms with van der Waals surface area (Å²) in [7, 11) is 1.31. The Hall–Kier alpha value is -1.58. The van der Waals surface area contributed by atoms with Crippen LogP contribution in [0.25, 0.3) is 0 Å². The largest absolute Gasteiger partial charge is 0.466 e. The number of ether oxygens (including phenoxy) is 2. The molecule has 0 unspecified atom stereocenters. The Morgan fingerprint density at radius 3 is 1.53 bits per heavy atom. The third-order valence-electron chi connectivity index (χ3n) is 0.941. The van der Waals surface area contributed by atoms with Gasteiger partial charge >= 0.3 is 11.9 Å². The first-order valence-corrected chi connectivity index (χ1v) is 4.32. The van der Waals surface area contributed by atoms with Crippen molar-refractivity contribution in [2.24, 2.45) is 0 Å². The predicted molar refractivity (Wildman–Crippen MR) is 58.3 cm³/mol. The fourth-order valence-corrected chi connectivity index (χ4v) is 0.427. The SMILES string of the molecule is C=CC(=O)OC.C=CC(=O)OC(C)(C)C. The van der Waals surface area contributed by atoms with E-state index in [9.17, 15) is 9.59 Å². The lowest BCUT2D eigenvalue weighted by molar-refractivity contribution is -0.148. The fourth-order valence-electron chi connectivity index (χ4n) is 0.427. The van der Waals surface area contributed by atoms with E-state index >= 15 is 0 Å². The quantitative estimate of drug-likeness (QED) is 0.520. The van der Waals surface area contributed by atoms with Crippen LogP contribution in [-0.2, 0) is 19.1 Å². The molecular formula is C11H18O4. The van der Waals surface area contributed by atoms with Crippen LogP contribution in [-0.4, -0.2) is 24.6 Å². The van der Waals surface area contributed by atoms with E-state index in [2.05, 4.69) is 17.9 Å². The Balaban J connectivity index is 0. The van der Waals surface area contributed by atoms with Gasteiger partial charge < -0.3 is 9.47 Å². The van der Waals surface area contributed by atoms with Crippen LogP contribution in [0.5, 0.6) is 0 Å². The number of methoxy groups -OCH3 is 1. The molecule has 0 radical (unpaired) electrons. The number of esters is 2. The first-order chi connectivity index (χ1) is 6.76. The molecule has 0 atom stereocenters. The van der Waals surface area contributed by atoms with E-state index in [0.29, 0.717) is 0 Å². The highest BCUT2D eigenvalue weighted by Crippen LogP contribution is 2.06.